The highest BCUT2D eigenvalue weighted by molar-refractivity contribution is 7.10. The van der Waals surface area contributed by atoms with Crippen LogP contribution in [0.25, 0.3) is 0 Å². The van der Waals surface area contributed by atoms with E-state index >= 15 is 0 Å². The van der Waals surface area contributed by atoms with Crippen LogP contribution in [0.5, 0.6) is 0 Å². The Morgan fingerprint density at radius 1 is 0.966 bits per heavy atom. The van der Waals surface area contributed by atoms with Crippen molar-refractivity contribution in [2.45, 2.75) is 12.5 Å². The molecule has 5 nitrogen and oxygen atoms in total. The third-order valence-corrected chi connectivity index (χ3v) is 7.17. The molecule has 8 heteroatoms. The predicted molar refractivity (Wildman–Crippen MR) is 117 cm³/mol. The first-order valence-corrected chi connectivity index (χ1v) is 11.5. The second kappa shape index (κ2) is 9.04. The summed E-state index contributed by atoms with van der Waals surface area (Å²) in [6.45, 7) is 3.43. The SMILES string of the molecule is O=C(CCl)N1CCN(C(=O)CN2CCc3sccc3C2c2ccc(Cl)cc2)CC1. The molecule has 1 atom stereocenters. The largest absolute Gasteiger partial charge is 0.338 e. The number of halogens is 2. The van der Waals surface area contributed by atoms with Gasteiger partial charge < -0.3 is 9.80 Å². The maximum absolute atomic E-state index is 13.0. The van der Waals surface area contributed by atoms with Crippen molar-refractivity contribution in [3.8, 4) is 0 Å². The summed E-state index contributed by atoms with van der Waals surface area (Å²) in [5.41, 5.74) is 2.44. The van der Waals surface area contributed by atoms with Crippen molar-refractivity contribution in [3.05, 3.63) is 56.7 Å². The second-order valence-electron chi connectivity index (χ2n) is 7.37. The van der Waals surface area contributed by atoms with Crippen molar-refractivity contribution < 1.29 is 9.59 Å². The number of hydrogen-bond donors (Lipinski definition) is 0. The van der Waals surface area contributed by atoms with Crippen molar-refractivity contribution in [1.29, 1.82) is 0 Å². The van der Waals surface area contributed by atoms with E-state index in [1.54, 1.807) is 16.2 Å². The van der Waals surface area contributed by atoms with Crippen LogP contribution >= 0.6 is 34.5 Å². The molecule has 0 N–H and O–H groups in total. The summed E-state index contributed by atoms with van der Waals surface area (Å²) in [4.78, 5) is 32.0. The molecular formula is C21H23Cl2N3O2S. The molecule has 154 valence electrons. The van der Waals surface area contributed by atoms with E-state index in [4.69, 9.17) is 23.2 Å². The van der Waals surface area contributed by atoms with Gasteiger partial charge >= 0.3 is 0 Å². The van der Waals surface area contributed by atoms with Gasteiger partial charge in [0.05, 0.1) is 12.6 Å². The van der Waals surface area contributed by atoms with Crippen molar-refractivity contribution >= 4 is 46.4 Å². The number of alkyl halides is 1. The number of amides is 2. The maximum Gasteiger partial charge on any atom is 0.237 e. The molecule has 0 saturated carbocycles. The lowest BCUT2D eigenvalue weighted by molar-refractivity contribution is -0.139. The van der Waals surface area contributed by atoms with Crippen molar-refractivity contribution in [3.63, 3.8) is 0 Å². The number of carbonyl (C=O) groups excluding carboxylic acids is 2. The summed E-state index contributed by atoms with van der Waals surface area (Å²) < 4.78 is 0. The van der Waals surface area contributed by atoms with Crippen molar-refractivity contribution in [2.24, 2.45) is 0 Å². The maximum atomic E-state index is 13.0. The molecular weight excluding hydrogens is 429 g/mol. The number of piperazine rings is 1. The van der Waals surface area contributed by atoms with E-state index < -0.39 is 0 Å². The van der Waals surface area contributed by atoms with Crippen LogP contribution in [0.15, 0.2) is 35.7 Å². The molecule has 1 saturated heterocycles. The van der Waals surface area contributed by atoms with Crippen LogP contribution in [0, 0.1) is 0 Å². The monoisotopic (exact) mass is 451 g/mol. The van der Waals surface area contributed by atoms with E-state index in [-0.39, 0.29) is 23.7 Å². The highest BCUT2D eigenvalue weighted by Gasteiger charge is 2.32. The lowest BCUT2D eigenvalue weighted by Gasteiger charge is -2.39. The second-order valence-corrected chi connectivity index (χ2v) is 9.07. The van der Waals surface area contributed by atoms with Crippen LogP contribution < -0.4 is 0 Å². The van der Waals surface area contributed by atoms with Crippen molar-refractivity contribution in [2.75, 3.05) is 45.1 Å². The van der Waals surface area contributed by atoms with E-state index in [2.05, 4.69) is 16.3 Å². The first-order chi connectivity index (χ1) is 14.1. The van der Waals surface area contributed by atoms with Crippen LogP contribution in [0.4, 0.5) is 0 Å². The number of nitrogens with zero attached hydrogens (tertiary/aromatic N) is 3. The van der Waals surface area contributed by atoms with E-state index in [1.807, 2.05) is 29.2 Å². The molecule has 1 unspecified atom stereocenters. The van der Waals surface area contributed by atoms with Gasteiger partial charge in [0.1, 0.15) is 5.88 Å². The summed E-state index contributed by atoms with van der Waals surface area (Å²) in [5, 5.41) is 2.84. The van der Waals surface area contributed by atoms with Gasteiger partial charge in [-0.15, -0.1) is 22.9 Å². The van der Waals surface area contributed by atoms with E-state index in [0.29, 0.717) is 37.7 Å². The topological polar surface area (TPSA) is 43.9 Å². The molecule has 4 rings (SSSR count). The number of rotatable bonds is 4. The zero-order valence-corrected chi connectivity index (χ0v) is 18.3. The smallest absolute Gasteiger partial charge is 0.237 e. The van der Waals surface area contributed by atoms with Gasteiger partial charge in [-0.1, -0.05) is 23.7 Å². The number of fused-ring (bicyclic) bond motifs is 1. The molecule has 1 fully saturated rings. The predicted octanol–water partition coefficient (Wildman–Crippen LogP) is 3.26. The standard InChI is InChI=1S/C21H23Cl2N3O2S/c22-13-19(27)24-8-10-25(11-9-24)20(28)14-26-7-5-18-17(6-12-29-18)21(26)15-1-3-16(23)4-2-15/h1-4,6,12,21H,5,7-11,13-14H2. The first kappa shape index (κ1) is 20.7. The first-order valence-electron chi connectivity index (χ1n) is 9.74. The van der Waals surface area contributed by atoms with Gasteiger partial charge in [-0.3, -0.25) is 14.5 Å². The Morgan fingerprint density at radius 2 is 1.62 bits per heavy atom. The van der Waals surface area contributed by atoms with Crippen LogP contribution in [-0.2, 0) is 16.0 Å². The van der Waals surface area contributed by atoms with Crippen LogP contribution in [0.2, 0.25) is 5.02 Å². The molecule has 29 heavy (non-hydrogen) atoms. The van der Waals surface area contributed by atoms with Crippen molar-refractivity contribution in [1.82, 2.24) is 14.7 Å². The molecule has 2 aliphatic rings. The summed E-state index contributed by atoms with van der Waals surface area (Å²) >= 11 is 13.5. The molecule has 0 spiro atoms. The molecule has 3 heterocycles. The molecule has 0 bridgehead atoms. The fourth-order valence-corrected chi connectivity index (χ4v) is 5.34. The zero-order chi connectivity index (χ0) is 20.4. The summed E-state index contributed by atoms with van der Waals surface area (Å²) in [5.74, 6) is 0.0382. The Balaban J connectivity index is 1.48. The fraction of sp³-hybridized carbons (Fsp3) is 0.429. The molecule has 2 aromatic rings. The van der Waals surface area contributed by atoms with E-state index in [1.165, 1.54) is 10.4 Å². The van der Waals surface area contributed by atoms with E-state index in [0.717, 1.165) is 18.5 Å². The van der Waals surface area contributed by atoms with Gasteiger partial charge in [0.2, 0.25) is 11.8 Å². The highest BCUT2D eigenvalue weighted by atomic mass is 35.5. The van der Waals surface area contributed by atoms with Crippen LogP contribution in [-0.4, -0.2) is 71.7 Å². The zero-order valence-electron chi connectivity index (χ0n) is 16.0. The van der Waals surface area contributed by atoms with Gasteiger partial charge in [0.15, 0.2) is 0 Å². The lowest BCUT2D eigenvalue weighted by Crippen LogP contribution is -2.53. The Morgan fingerprint density at radius 3 is 2.28 bits per heavy atom. The van der Waals surface area contributed by atoms with Crippen LogP contribution in [0.3, 0.4) is 0 Å². The minimum absolute atomic E-state index is 0.00648. The summed E-state index contributed by atoms with van der Waals surface area (Å²) in [6.07, 6.45) is 0.961. The number of benzene rings is 1. The quantitative estimate of drug-likeness (QED) is 0.669. The minimum Gasteiger partial charge on any atom is -0.338 e. The highest BCUT2D eigenvalue weighted by Crippen LogP contribution is 2.38. The average Bonchev–Trinajstić information content (AvgIpc) is 3.23. The molecule has 2 amide bonds. The Labute approximate surface area is 184 Å². The van der Waals surface area contributed by atoms with Gasteiger partial charge in [0, 0.05) is 42.6 Å². The minimum atomic E-state index is -0.0671. The Kier molecular flexibility index (Phi) is 6.44. The Hall–Kier alpha value is -1.60. The van der Waals surface area contributed by atoms with Gasteiger partial charge in [0.25, 0.3) is 0 Å². The van der Waals surface area contributed by atoms with Gasteiger partial charge in [-0.2, -0.15) is 0 Å². The summed E-state index contributed by atoms with van der Waals surface area (Å²) in [7, 11) is 0. The van der Waals surface area contributed by atoms with Gasteiger partial charge in [-0.05, 0) is 41.1 Å². The normalized spacial score (nSPS) is 19.9. The number of carbonyl (C=O) groups is 2. The lowest BCUT2D eigenvalue weighted by atomic mass is 9.93. The molecule has 1 aromatic heterocycles. The van der Waals surface area contributed by atoms with Gasteiger partial charge in [-0.25, -0.2) is 0 Å². The average molecular weight is 452 g/mol. The third kappa shape index (κ3) is 4.45. The summed E-state index contributed by atoms with van der Waals surface area (Å²) in [6, 6.07) is 10.1. The number of thiophene rings is 1. The molecule has 2 aliphatic heterocycles. The number of hydrogen-bond acceptors (Lipinski definition) is 4. The Bertz CT molecular complexity index is 878. The molecule has 0 radical (unpaired) electrons. The fourth-order valence-electron chi connectivity index (χ4n) is 4.14. The molecule has 0 aliphatic carbocycles. The molecule has 1 aromatic carbocycles. The third-order valence-electron chi connectivity index (χ3n) is 5.69. The van der Waals surface area contributed by atoms with E-state index in [9.17, 15) is 9.59 Å². The van der Waals surface area contributed by atoms with Crippen LogP contribution in [0.1, 0.15) is 22.0 Å².